The van der Waals surface area contributed by atoms with Gasteiger partial charge in [-0.3, -0.25) is 9.59 Å². The summed E-state index contributed by atoms with van der Waals surface area (Å²) in [7, 11) is 0. The average molecular weight is 319 g/mol. The summed E-state index contributed by atoms with van der Waals surface area (Å²) in [6.07, 6.45) is 0. The first kappa shape index (κ1) is 16.0. The molecule has 0 spiro atoms. The molecule has 0 aliphatic rings. The molecule has 0 aliphatic carbocycles. The third-order valence-corrected chi connectivity index (χ3v) is 4.05. The van der Waals surface area contributed by atoms with Gasteiger partial charge in [-0.1, -0.05) is 29.5 Å². The van der Waals surface area contributed by atoms with E-state index >= 15 is 0 Å². The molecule has 2 rings (SSSR count). The SMILES string of the molecule is Cc1ccc(NC(=O)[C@H](C)Sc2nnc(C)c(=O)n2N)cc1. The normalized spacial score (nSPS) is 12.0. The molecule has 2 aromatic rings. The molecule has 1 amide bonds. The van der Waals surface area contributed by atoms with Crippen molar-refractivity contribution in [3.05, 3.63) is 45.9 Å². The second-order valence-electron chi connectivity index (χ2n) is 4.86. The van der Waals surface area contributed by atoms with Gasteiger partial charge < -0.3 is 11.2 Å². The Morgan fingerprint density at radius 1 is 1.27 bits per heavy atom. The summed E-state index contributed by atoms with van der Waals surface area (Å²) in [6, 6.07) is 7.48. The maximum Gasteiger partial charge on any atom is 0.294 e. The highest BCUT2D eigenvalue weighted by Gasteiger charge is 2.18. The predicted octanol–water partition coefficient (Wildman–Crippen LogP) is 1.09. The van der Waals surface area contributed by atoms with Gasteiger partial charge in [0.1, 0.15) is 5.69 Å². The molecule has 0 aliphatic heterocycles. The smallest absolute Gasteiger partial charge is 0.294 e. The van der Waals surface area contributed by atoms with Crippen LogP contribution in [0.3, 0.4) is 0 Å². The predicted molar refractivity (Wildman–Crippen MR) is 86.3 cm³/mol. The number of amides is 1. The number of anilines is 1. The minimum atomic E-state index is -0.479. The van der Waals surface area contributed by atoms with E-state index in [1.165, 1.54) is 6.92 Å². The lowest BCUT2D eigenvalue weighted by molar-refractivity contribution is -0.115. The lowest BCUT2D eigenvalue weighted by atomic mass is 10.2. The summed E-state index contributed by atoms with van der Waals surface area (Å²) in [6.45, 7) is 5.21. The standard InChI is InChI=1S/C14H17N5O2S/c1-8-4-6-11(7-5-8)16-12(20)10(3)22-14-18-17-9(2)13(21)19(14)15/h4-7,10H,15H2,1-3H3,(H,16,20)/t10-/m0/s1. The Balaban J connectivity index is 2.07. The van der Waals surface area contributed by atoms with Crippen LogP contribution in [0.15, 0.2) is 34.2 Å². The highest BCUT2D eigenvalue weighted by Crippen LogP contribution is 2.20. The molecule has 1 heterocycles. The number of nitrogens with two attached hydrogens (primary N) is 1. The topological polar surface area (TPSA) is 103 Å². The number of benzene rings is 1. The van der Waals surface area contributed by atoms with Crippen molar-refractivity contribution in [2.75, 3.05) is 11.2 Å². The van der Waals surface area contributed by atoms with E-state index in [0.29, 0.717) is 5.69 Å². The molecule has 3 N–H and O–H groups in total. The van der Waals surface area contributed by atoms with Gasteiger partial charge in [0.2, 0.25) is 11.1 Å². The summed E-state index contributed by atoms with van der Waals surface area (Å²) < 4.78 is 0.905. The quantitative estimate of drug-likeness (QED) is 0.646. The van der Waals surface area contributed by atoms with Crippen LogP contribution >= 0.6 is 11.8 Å². The Morgan fingerprint density at radius 3 is 2.55 bits per heavy atom. The number of nitrogens with one attached hydrogen (secondary N) is 1. The highest BCUT2D eigenvalue weighted by atomic mass is 32.2. The molecule has 0 fully saturated rings. The Morgan fingerprint density at radius 2 is 1.91 bits per heavy atom. The lowest BCUT2D eigenvalue weighted by Crippen LogP contribution is -2.33. The fraction of sp³-hybridized carbons (Fsp3) is 0.286. The summed E-state index contributed by atoms with van der Waals surface area (Å²) in [5.74, 6) is 5.45. The highest BCUT2D eigenvalue weighted by molar-refractivity contribution is 8.00. The van der Waals surface area contributed by atoms with Crippen molar-refractivity contribution >= 4 is 23.4 Å². The van der Waals surface area contributed by atoms with Gasteiger partial charge in [0.15, 0.2) is 0 Å². The molecule has 22 heavy (non-hydrogen) atoms. The Labute approximate surface area is 131 Å². The van der Waals surface area contributed by atoms with Gasteiger partial charge in [-0.25, -0.2) is 0 Å². The molecule has 0 bridgehead atoms. The molecule has 7 nitrogen and oxygen atoms in total. The van der Waals surface area contributed by atoms with Gasteiger partial charge in [0.05, 0.1) is 5.25 Å². The maximum absolute atomic E-state index is 12.2. The Kier molecular flexibility index (Phi) is 4.81. The number of hydrogen-bond donors (Lipinski definition) is 2. The summed E-state index contributed by atoms with van der Waals surface area (Å²) in [5, 5.41) is 10.1. The number of aromatic nitrogens is 3. The van der Waals surface area contributed by atoms with Gasteiger partial charge in [-0.15, -0.1) is 10.2 Å². The van der Waals surface area contributed by atoms with E-state index in [2.05, 4.69) is 15.5 Å². The molecular weight excluding hydrogens is 302 g/mol. The first-order valence-electron chi connectivity index (χ1n) is 6.64. The maximum atomic E-state index is 12.2. The first-order valence-corrected chi connectivity index (χ1v) is 7.52. The zero-order valence-electron chi connectivity index (χ0n) is 12.5. The molecule has 1 atom stereocenters. The van der Waals surface area contributed by atoms with Gasteiger partial charge in [0, 0.05) is 5.69 Å². The first-order chi connectivity index (χ1) is 10.4. The Hall–Kier alpha value is -2.35. The van der Waals surface area contributed by atoms with Crippen molar-refractivity contribution in [1.29, 1.82) is 0 Å². The van der Waals surface area contributed by atoms with Crippen LogP contribution in [0.5, 0.6) is 0 Å². The minimum Gasteiger partial charge on any atom is -0.334 e. The minimum absolute atomic E-state index is 0.196. The number of rotatable bonds is 4. The van der Waals surface area contributed by atoms with Crippen LogP contribution in [0, 0.1) is 13.8 Å². The van der Waals surface area contributed by atoms with E-state index < -0.39 is 10.8 Å². The molecule has 1 aromatic carbocycles. The van der Waals surface area contributed by atoms with Crippen molar-refractivity contribution in [3.8, 4) is 0 Å². The molecule has 116 valence electrons. The second kappa shape index (κ2) is 6.61. The van der Waals surface area contributed by atoms with Crippen molar-refractivity contribution in [2.24, 2.45) is 0 Å². The van der Waals surface area contributed by atoms with E-state index in [9.17, 15) is 9.59 Å². The van der Waals surface area contributed by atoms with E-state index in [-0.39, 0.29) is 16.8 Å². The van der Waals surface area contributed by atoms with E-state index in [4.69, 9.17) is 5.84 Å². The van der Waals surface area contributed by atoms with Crippen LogP contribution in [0.2, 0.25) is 0 Å². The van der Waals surface area contributed by atoms with Gasteiger partial charge in [-0.05, 0) is 32.9 Å². The van der Waals surface area contributed by atoms with Crippen molar-refractivity contribution < 1.29 is 4.79 Å². The third-order valence-electron chi connectivity index (χ3n) is 2.99. The van der Waals surface area contributed by atoms with Crippen LogP contribution in [0.4, 0.5) is 5.69 Å². The molecule has 0 unspecified atom stereocenters. The third kappa shape index (κ3) is 3.64. The average Bonchev–Trinajstić information content (AvgIpc) is 2.50. The van der Waals surface area contributed by atoms with Crippen LogP contribution in [-0.2, 0) is 4.79 Å². The number of aryl methyl sites for hydroxylation is 2. The van der Waals surface area contributed by atoms with Crippen molar-refractivity contribution in [3.63, 3.8) is 0 Å². The number of hydrogen-bond acceptors (Lipinski definition) is 6. The van der Waals surface area contributed by atoms with Gasteiger partial charge >= 0.3 is 0 Å². The van der Waals surface area contributed by atoms with Gasteiger partial charge in [-0.2, -0.15) is 4.68 Å². The monoisotopic (exact) mass is 319 g/mol. The van der Waals surface area contributed by atoms with Crippen LogP contribution < -0.4 is 16.7 Å². The number of nitrogen functional groups attached to an aromatic ring is 1. The zero-order valence-corrected chi connectivity index (χ0v) is 13.3. The van der Waals surface area contributed by atoms with Gasteiger partial charge in [0.25, 0.3) is 5.56 Å². The number of thioether (sulfide) groups is 1. The summed E-state index contributed by atoms with van der Waals surface area (Å²) in [4.78, 5) is 23.8. The van der Waals surface area contributed by atoms with Crippen molar-refractivity contribution in [1.82, 2.24) is 14.9 Å². The van der Waals surface area contributed by atoms with E-state index in [0.717, 1.165) is 22.0 Å². The largest absolute Gasteiger partial charge is 0.334 e. The summed E-state index contributed by atoms with van der Waals surface area (Å²) in [5.41, 5.74) is 1.61. The van der Waals surface area contributed by atoms with Crippen molar-refractivity contribution in [2.45, 2.75) is 31.2 Å². The molecule has 0 saturated heterocycles. The molecule has 0 saturated carbocycles. The number of nitrogens with zero attached hydrogens (tertiary/aromatic N) is 3. The lowest BCUT2D eigenvalue weighted by Gasteiger charge is -2.13. The molecule has 1 aromatic heterocycles. The Bertz CT molecular complexity index is 742. The molecule has 8 heteroatoms. The number of carbonyl (C=O) groups excluding carboxylic acids is 1. The summed E-state index contributed by atoms with van der Waals surface area (Å²) >= 11 is 1.08. The van der Waals surface area contributed by atoms with E-state index in [1.807, 2.05) is 31.2 Å². The van der Waals surface area contributed by atoms with E-state index in [1.54, 1.807) is 6.92 Å². The number of carbonyl (C=O) groups is 1. The van der Waals surface area contributed by atoms with Crippen LogP contribution in [0.1, 0.15) is 18.2 Å². The fourth-order valence-electron chi connectivity index (χ4n) is 1.64. The second-order valence-corrected chi connectivity index (χ2v) is 6.17. The molecule has 0 radical (unpaired) electrons. The fourth-order valence-corrected chi connectivity index (χ4v) is 2.41. The zero-order chi connectivity index (χ0) is 16.3. The molecular formula is C14H17N5O2S. The van der Waals surface area contributed by atoms with Crippen LogP contribution in [0.25, 0.3) is 0 Å². The van der Waals surface area contributed by atoms with Crippen LogP contribution in [-0.4, -0.2) is 26.0 Å².